The monoisotopic (exact) mass is 302 g/mol. The van der Waals surface area contributed by atoms with Crippen molar-refractivity contribution >= 4 is 23.2 Å². The molecule has 21 heavy (non-hydrogen) atoms. The second kappa shape index (κ2) is 6.89. The van der Waals surface area contributed by atoms with Gasteiger partial charge in [-0.3, -0.25) is 4.79 Å². The van der Waals surface area contributed by atoms with Crippen molar-refractivity contribution in [3.8, 4) is 11.8 Å². The van der Waals surface area contributed by atoms with Gasteiger partial charge in [0.15, 0.2) is 0 Å². The van der Waals surface area contributed by atoms with Gasteiger partial charge in [0.25, 0.3) is 5.91 Å². The van der Waals surface area contributed by atoms with Crippen molar-refractivity contribution in [3.63, 3.8) is 0 Å². The summed E-state index contributed by atoms with van der Waals surface area (Å²) in [5.41, 5.74) is 6.70. The largest absolute Gasteiger partial charge is 0.322 e. The lowest BCUT2D eigenvalue weighted by Gasteiger charge is -2.06. The molecule has 0 radical (unpaired) electrons. The van der Waals surface area contributed by atoms with Gasteiger partial charge in [-0.25, -0.2) is 4.39 Å². The maximum atomic E-state index is 13.2. The van der Waals surface area contributed by atoms with E-state index in [1.807, 2.05) is 0 Å². The standard InChI is InChI=1S/C16H12ClFN2O/c17-13-8-14(18)10-15(9-13)20-16(21)12-5-1-3-11(7-12)4-2-6-19/h1,3,5,7-10H,6,19H2,(H,20,21). The summed E-state index contributed by atoms with van der Waals surface area (Å²) < 4.78 is 13.2. The number of rotatable bonds is 2. The molecule has 0 aliphatic carbocycles. The Bertz CT molecular complexity index is 714. The maximum Gasteiger partial charge on any atom is 0.255 e. The molecule has 0 aromatic heterocycles. The second-order valence-electron chi connectivity index (χ2n) is 4.20. The Morgan fingerprint density at radius 3 is 2.81 bits per heavy atom. The minimum atomic E-state index is -0.514. The van der Waals surface area contributed by atoms with E-state index < -0.39 is 5.82 Å². The maximum absolute atomic E-state index is 13.2. The Balaban J connectivity index is 2.20. The lowest BCUT2D eigenvalue weighted by Crippen LogP contribution is -2.12. The highest BCUT2D eigenvalue weighted by molar-refractivity contribution is 6.31. The molecule has 1 amide bonds. The molecule has 2 aromatic carbocycles. The SMILES string of the molecule is NCC#Cc1cccc(C(=O)Nc2cc(F)cc(Cl)c2)c1. The molecule has 0 aliphatic heterocycles. The highest BCUT2D eigenvalue weighted by Crippen LogP contribution is 2.19. The minimum Gasteiger partial charge on any atom is -0.322 e. The van der Waals surface area contributed by atoms with Gasteiger partial charge < -0.3 is 11.1 Å². The Kier molecular flexibility index (Phi) is 4.94. The normalized spacial score (nSPS) is 9.67. The van der Waals surface area contributed by atoms with E-state index in [4.69, 9.17) is 17.3 Å². The molecule has 0 fully saturated rings. The molecule has 5 heteroatoms. The second-order valence-corrected chi connectivity index (χ2v) is 4.64. The predicted octanol–water partition coefficient (Wildman–Crippen LogP) is 3.04. The van der Waals surface area contributed by atoms with Crippen LogP contribution in [0.3, 0.4) is 0 Å². The van der Waals surface area contributed by atoms with Crippen LogP contribution >= 0.6 is 11.6 Å². The average Bonchev–Trinajstić information content (AvgIpc) is 2.44. The number of anilines is 1. The van der Waals surface area contributed by atoms with Crippen LogP contribution in [-0.2, 0) is 0 Å². The molecule has 106 valence electrons. The van der Waals surface area contributed by atoms with Gasteiger partial charge in [0.2, 0.25) is 0 Å². The van der Waals surface area contributed by atoms with Crippen LogP contribution in [0.4, 0.5) is 10.1 Å². The van der Waals surface area contributed by atoms with Crippen molar-refractivity contribution in [3.05, 3.63) is 64.4 Å². The summed E-state index contributed by atoms with van der Waals surface area (Å²) in [7, 11) is 0. The zero-order valence-electron chi connectivity index (χ0n) is 11.0. The molecule has 2 aromatic rings. The van der Waals surface area contributed by atoms with Crippen LogP contribution < -0.4 is 11.1 Å². The highest BCUT2D eigenvalue weighted by Gasteiger charge is 2.08. The van der Waals surface area contributed by atoms with Gasteiger partial charge >= 0.3 is 0 Å². The molecule has 3 nitrogen and oxygen atoms in total. The molecule has 0 saturated heterocycles. The number of carbonyl (C=O) groups excluding carboxylic acids is 1. The van der Waals surface area contributed by atoms with E-state index in [0.29, 0.717) is 16.8 Å². The Hall–Kier alpha value is -2.35. The predicted molar refractivity (Wildman–Crippen MR) is 81.7 cm³/mol. The van der Waals surface area contributed by atoms with Crippen molar-refractivity contribution in [2.45, 2.75) is 0 Å². The van der Waals surface area contributed by atoms with Gasteiger partial charge in [-0.1, -0.05) is 29.5 Å². The number of benzene rings is 2. The molecule has 0 aliphatic rings. The number of nitrogens with one attached hydrogen (secondary N) is 1. The third-order valence-corrected chi connectivity index (χ3v) is 2.80. The lowest BCUT2D eigenvalue weighted by molar-refractivity contribution is 0.102. The van der Waals surface area contributed by atoms with Gasteiger partial charge in [-0.2, -0.15) is 0 Å². The summed E-state index contributed by atoms with van der Waals surface area (Å²) >= 11 is 5.74. The first-order valence-corrected chi connectivity index (χ1v) is 6.53. The van der Waals surface area contributed by atoms with Crippen LogP contribution in [-0.4, -0.2) is 12.5 Å². The van der Waals surface area contributed by atoms with E-state index in [0.717, 1.165) is 0 Å². The molecule has 0 unspecified atom stereocenters. The molecule has 0 heterocycles. The van der Waals surface area contributed by atoms with E-state index in [-0.39, 0.29) is 17.5 Å². The van der Waals surface area contributed by atoms with Gasteiger partial charge in [0.05, 0.1) is 6.54 Å². The molecular formula is C16H12ClFN2O. The lowest BCUT2D eigenvalue weighted by atomic mass is 10.1. The zero-order valence-corrected chi connectivity index (χ0v) is 11.7. The summed E-state index contributed by atoms with van der Waals surface area (Å²) in [6.07, 6.45) is 0. The average molecular weight is 303 g/mol. The summed E-state index contributed by atoms with van der Waals surface area (Å²) in [6, 6.07) is 10.6. The Morgan fingerprint density at radius 2 is 2.10 bits per heavy atom. The van der Waals surface area contributed by atoms with Crippen LogP contribution in [0, 0.1) is 17.7 Å². The van der Waals surface area contributed by atoms with Crippen molar-refractivity contribution < 1.29 is 9.18 Å². The molecule has 2 rings (SSSR count). The number of carbonyl (C=O) groups is 1. The first-order chi connectivity index (χ1) is 10.1. The molecule has 0 spiro atoms. The summed E-state index contributed by atoms with van der Waals surface area (Å²) in [6.45, 7) is 0.248. The van der Waals surface area contributed by atoms with E-state index in [1.54, 1.807) is 24.3 Å². The van der Waals surface area contributed by atoms with Crippen LogP contribution in [0.1, 0.15) is 15.9 Å². The Morgan fingerprint density at radius 1 is 1.29 bits per heavy atom. The van der Waals surface area contributed by atoms with E-state index >= 15 is 0 Å². The summed E-state index contributed by atoms with van der Waals surface area (Å²) in [5, 5.41) is 2.80. The first kappa shape index (κ1) is 15.0. The van der Waals surface area contributed by atoms with Crippen LogP contribution in [0.2, 0.25) is 5.02 Å². The van der Waals surface area contributed by atoms with E-state index in [1.165, 1.54) is 18.2 Å². The van der Waals surface area contributed by atoms with Crippen molar-refractivity contribution in [1.29, 1.82) is 0 Å². The summed E-state index contributed by atoms with van der Waals surface area (Å²) in [5.74, 6) is 4.68. The number of hydrogen-bond donors (Lipinski definition) is 2. The van der Waals surface area contributed by atoms with Crippen LogP contribution in [0.15, 0.2) is 42.5 Å². The fourth-order valence-corrected chi connectivity index (χ4v) is 1.94. The third kappa shape index (κ3) is 4.32. The summed E-state index contributed by atoms with van der Waals surface area (Å²) in [4.78, 5) is 12.1. The number of halogens is 2. The van der Waals surface area contributed by atoms with E-state index in [2.05, 4.69) is 17.2 Å². The number of amides is 1. The molecule has 0 atom stereocenters. The highest BCUT2D eigenvalue weighted by atomic mass is 35.5. The van der Waals surface area contributed by atoms with Gasteiger partial charge in [-0.05, 0) is 36.4 Å². The fraction of sp³-hybridized carbons (Fsp3) is 0.0625. The topological polar surface area (TPSA) is 55.1 Å². The molecule has 3 N–H and O–H groups in total. The smallest absolute Gasteiger partial charge is 0.255 e. The number of hydrogen-bond acceptors (Lipinski definition) is 2. The van der Waals surface area contributed by atoms with E-state index in [9.17, 15) is 9.18 Å². The fourth-order valence-electron chi connectivity index (χ4n) is 1.72. The molecular weight excluding hydrogens is 291 g/mol. The van der Waals surface area contributed by atoms with Gasteiger partial charge in [-0.15, -0.1) is 0 Å². The van der Waals surface area contributed by atoms with Crippen molar-refractivity contribution in [2.75, 3.05) is 11.9 Å². The van der Waals surface area contributed by atoms with Crippen LogP contribution in [0.25, 0.3) is 0 Å². The van der Waals surface area contributed by atoms with Gasteiger partial charge in [0, 0.05) is 21.8 Å². The van der Waals surface area contributed by atoms with Crippen molar-refractivity contribution in [2.24, 2.45) is 5.73 Å². The molecule has 0 bridgehead atoms. The third-order valence-electron chi connectivity index (χ3n) is 2.58. The Labute approximate surface area is 126 Å². The minimum absolute atomic E-state index is 0.216. The van der Waals surface area contributed by atoms with Crippen molar-refractivity contribution in [1.82, 2.24) is 0 Å². The van der Waals surface area contributed by atoms with Gasteiger partial charge in [0.1, 0.15) is 5.82 Å². The zero-order chi connectivity index (χ0) is 15.2. The first-order valence-electron chi connectivity index (χ1n) is 6.15. The molecule has 0 saturated carbocycles. The number of nitrogens with two attached hydrogens (primary N) is 1. The quantitative estimate of drug-likeness (QED) is 0.838. The van der Waals surface area contributed by atoms with Crippen LogP contribution in [0.5, 0.6) is 0 Å².